The fourth-order valence-electron chi connectivity index (χ4n) is 3.13. The van der Waals surface area contributed by atoms with Crippen molar-refractivity contribution in [1.29, 1.82) is 0 Å². The Bertz CT molecular complexity index is 1170. The fourth-order valence-corrected chi connectivity index (χ4v) is 3.13. The van der Waals surface area contributed by atoms with Crippen LogP contribution in [0.15, 0.2) is 85.2 Å². The van der Waals surface area contributed by atoms with E-state index in [1.54, 1.807) is 36.7 Å². The first-order valence-corrected chi connectivity index (χ1v) is 10.1. The van der Waals surface area contributed by atoms with Gasteiger partial charge in [-0.05, 0) is 54.8 Å². The van der Waals surface area contributed by atoms with Crippen LogP contribution in [0, 0.1) is 13.8 Å². The molecule has 3 aromatic carbocycles. The predicted octanol–water partition coefficient (Wildman–Crippen LogP) is 5.48. The highest BCUT2D eigenvalue weighted by Crippen LogP contribution is 2.22. The molecule has 0 unspecified atom stereocenters. The molecule has 0 atom stereocenters. The summed E-state index contributed by atoms with van der Waals surface area (Å²) in [7, 11) is 0. The third-order valence-electron chi connectivity index (χ3n) is 5.04. The van der Waals surface area contributed by atoms with Gasteiger partial charge in [0.05, 0.1) is 0 Å². The lowest BCUT2D eigenvalue weighted by atomic mass is 10.1. The smallest absolute Gasteiger partial charge is 0.321 e. The molecule has 0 radical (unpaired) electrons. The number of amides is 1. The summed E-state index contributed by atoms with van der Waals surface area (Å²) in [6.45, 7) is 4.57. The average Bonchev–Trinajstić information content (AvgIpc) is 2.80. The lowest BCUT2D eigenvalue weighted by molar-refractivity contribution is 0.0951. The molecule has 5 nitrogen and oxygen atoms in total. The summed E-state index contributed by atoms with van der Waals surface area (Å²) in [5, 5.41) is 2.95. The number of nitrogens with one attached hydrogen (secondary N) is 1. The Labute approximate surface area is 181 Å². The highest BCUT2D eigenvalue weighted by molar-refractivity contribution is 5.94. The van der Waals surface area contributed by atoms with Crippen LogP contribution in [0.2, 0.25) is 0 Å². The molecule has 0 fully saturated rings. The monoisotopic (exact) mass is 409 g/mol. The topological polar surface area (TPSA) is 64.1 Å². The highest BCUT2D eigenvalue weighted by atomic mass is 16.5. The van der Waals surface area contributed by atoms with Crippen molar-refractivity contribution >= 4 is 5.91 Å². The van der Waals surface area contributed by atoms with E-state index < -0.39 is 0 Å². The Morgan fingerprint density at radius 3 is 2.19 bits per heavy atom. The third-order valence-corrected chi connectivity index (χ3v) is 5.04. The molecule has 4 rings (SSSR count). The van der Waals surface area contributed by atoms with E-state index in [2.05, 4.69) is 34.3 Å². The largest absolute Gasteiger partial charge is 0.424 e. The van der Waals surface area contributed by atoms with Gasteiger partial charge in [-0.3, -0.25) is 4.79 Å². The first-order valence-electron chi connectivity index (χ1n) is 10.1. The van der Waals surface area contributed by atoms with Crippen LogP contribution in [0.25, 0.3) is 11.1 Å². The van der Waals surface area contributed by atoms with Crippen LogP contribution >= 0.6 is 0 Å². The molecule has 5 heteroatoms. The lowest BCUT2D eigenvalue weighted by Crippen LogP contribution is -2.23. The van der Waals surface area contributed by atoms with Crippen LogP contribution in [0.1, 0.15) is 27.0 Å². The number of aryl methyl sites for hydroxylation is 2. The van der Waals surface area contributed by atoms with Gasteiger partial charge in [0.2, 0.25) is 0 Å². The van der Waals surface area contributed by atoms with Gasteiger partial charge in [0.15, 0.2) is 0 Å². The maximum atomic E-state index is 12.4. The van der Waals surface area contributed by atoms with Gasteiger partial charge in [-0.2, -0.15) is 0 Å². The van der Waals surface area contributed by atoms with Crippen molar-refractivity contribution in [3.63, 3.8) is 0 Å². The van der Waals surface area contributed by atoms with Crippen molar-refractivity contribution < 1.29 is 9.53 Å². The fraction of sp³-hybridized carbons (Fsp3) is 0.115. The standard InChI is InChI=1S/C26H23N3O2/c1-18-7-9-20(10-8-18)23-16-28-26(29-17-23)31-24-13-11-21(12-14-24)25(30)27-15-22-6-4-3-5-19(22)2/h3-14,16-17H,15H2,1-2H3,(H,27,30). The maximum Gasteiger partial charge on any atom is 0.321 e. The summed E-state index contributed by atoms with van der Waals surface area (Å²) < 4.78 is 5.71. The van der Waals surface area contributed by atoms with E-state index in [1.165, 1.54) is 5.56 Å². The van der Waals surface area contributed by atoms with Gasteiger partial charge in [-0.25, -0.2) is 9.97 Å². The van der Waals surface area contributed by atoms with E-state index in [1.807, 2.05) is 43.3 Å². The number of hydrogen-bond acceptors (Lipinski definition) is 4. The van der Waals surface area contributed by atoms with E-state index in [-0.39, 0.29) is 11.9 Å². The molecule has 0 spiro atoms. The van der Waals surface area contributed by atoms with Crippen molar-refractivity contribution in [3.05, 3.63) is 107 Å². The molecule has 1 aromatic heterocycles. The second-order valence-electron chi connectivity index (χ2n) is 7.36. The zero-order valence-corrected chi connectivity index (χ0v) is 17.5. The third kappa shape index (κ3) is 5.14. The number of hydrogen-bond donors (Lipinski definition) is 1. The molecule has 0 saturated heterocycles. The number of carbonyl (C=O) groups is 1. The van der Waals surface area contributed by atoms with Crippen molar-refractivity contribution in [2.24, 2.45) is 0 Å². The second kappa shape index (κ2) is 9.22. The molecule has 0 aliphatic carbocycles. The minimum absolute atomic E-state index is 0.131. The number of rotatable bonds is 6. The summed E-state index contributed by atoms with van der Waals surface area (Å²) >= 11 is 0. The molecule has 0 bridgehead atoms. The summed E-state index contributed by atoms with van der Waals surface area (Å²) in [6, 6.07) is 23.4. The summed E-state index contributed by atoms with van der Waals surface area (Å²) in [6.07, 6.45) is 3.47. The van der Waals surface area contributed by atoms with Crippen LogP contribution < -0.4 is 10.1 Å². The van der Waals surface area contributed by atoms with Gasteiger partial charge < -0.3 is 10.1 Å². The van der Waals surface area contributed by atoms with E-state index in [9.17, 15) is 4.79 Å². The van der Waals surface area contributed by atoms with Crippen molar-refractivity contribution in [2.45, 2.75) is 20.4 Å². The Hall–Kier alpha value is -3.99. The summed E-state index contributed by atoms with van der Waals surface area (Å²) in [5.41, 5.74) is 6.00. The van der Waals surface area contributed by atoms with E-state index >= 15 is 0 Å². The summed E-state index contributed by atoms with van der Waals surface area (Å²) in [5.74, 6) is 0.437. The molecule has 154 valence electrons. The molecule has 0 aliphatic rings. The predicted molar refractivity (Wildman–Crippen MR) is 121 cm³/mol. The van der Waals surface area contributed by atoms with Gasteiger partial charge in [0.1, 0.15) is 5.75 Å². The zero-order valence-electron chi connectivity index (χ0n) is 17.5. The van der Waals surface area contributed by atoms with Crippen molar-refractivity contribution in [1.82, 2.24) is 15.3 Å². The highest BCUT2D eigenvalue weighted by Gasteiger charge is 2.08. The molecule has 1 N–H and O–H groups in total. The van der Waals surface area contributed by atoms with Crippen LogP contribution in [0.3, 0.4) is 0 Å². The van der Waals surface area contributed by atoms with E-state index in [0.29, 0.717) is 17.9 Å². The van der Waals surface area contributed by atoms with Gasteiger partial charge in [-0.1, -0.05) is 54.1 Å². The first kappa shape index (κ1) is 20.3. The summed E-state index contributed by atoms with van der Waals surface area (Å²) in [4.78, 5) is 21.0. The van der Waals surface area contributed by atoms with Gasteiger partial charge in [-0.15, -0.1) is 0 Å². The van der Waals surface area contributed by atoms with Crippen molar-refractivity contribution in [3.8, 4) is 22.9 Å². The Morgan fingerprint density at radius 2 is 1.52 bits per heavy atom. The maximum absolute atomic E-state index is 12.4. The molecular formula is C26H23N3O2. The lowest BCUT2D eigenvalue weighted by Gasteiger charge is -2.09. The van der Waals surface area contributed by atoms with Crippen molar-refractivity contribution in [2.75, 3.05) is 0 Å². The Kier molecular flexibility index (Phi) is 6.03. The van der Waals surface area contributed by atoms with Crippen LogP contribution in [0.4, 0.5) is 0 Å². The molecule has 0 saturated carbocycles. The molecule has 1 heterocycles. The minimum Gasteiger partial charge on any atom is -0.424 e. The zero-order chi connectivity index (χ0) is 21.6. The number of nitrogens with zero attached hydrogens (tertiary/aromatic N) is 2. The number of aromatic nitrogens is 2. The number of benzene rings is 3. The second-order valence-corrected chi connectivity index (χ2v) is 7.36. The Balaban J connectivity index is 1.36. The van der Waals surface area contributed by atoms with E-state index in [0.717, 1.165) is 22.3 Å². The van der Waals surface area contributed by atoms with E-state index in [4.69, 9.17) is 4.74 Å². The van der Waals surface area contributed by atoms with Crippen LogP contribution in [-0.4, -0.2) is 15.9 Å². The van der Waals surface area contributed by atoms with Gasteiger partial charge in [0, 0.05) is 30.1 Å². The number of carbonyl (C=O) groups excluding carboxylic acids is 1. The molecule has 1 amide bonds. The Morgan fingerprint density at radius 1 is 0.839 bits per heavy atom. The van der Waals surface area contributed by atoms with Crippen LogP contribution in [0.5, 0.6) is 11.8 Å². The van der Waals surface area contributed by atoms with Crippen LogP contribution in [-0.2, 0) is 6.54 Å². The van der Waals surface area contributed by atoms with Gasteiger partial charge in [0.25, 0.3) is 5.91 Å². The molecule has 0 aliphatic heterocycles. The minimum atomic E-state index is -0.131. The first-order chi connectivity index (χ1) is 15.1. The molecule has 31 heavy (non-hydrogen) atoms. The van der Waals surface area contributed by atoms with Gasteiger partial charge >= 0.3 is 6.01 Å². The molecule has 4 aromatic rings. The number of ether oxygens (including phenoxy) is 1. The average molecular weight is 409 g/mol. The molecular weight excluding hydrogens is 386 g/mol. The normalized spacial score (nSPS) is 10.5. The SMILES string of the molecule is Cc1ccc(-c2cnc(Oc3ccc(C(=O)NCc4ccccc4C)cc3)nc2)cc1. The quantitative estimate of drug-likeness (QED) is 0.458.